The SMILES string of the molecule is CCCCN(C(=O)c1ccccc1Cl)c1nnc(-c2cc(C)c(OCCN3CCCC(CC(=O)O)C3)c(C)c2)s1. The molecule has 1 N–H and O–H groups in total. The fourth-order valence-electron chi connectivity index (χ4n) is 5.17. The lowest BCUT2D eigenvalue weighted by atomic mass is 9.95. The van der Waals surface area contributed by atoms with E-state index in [1.165, 1.54) is 11.3 Å². The first-order valence-electron chi connectivity index (χ1n) is 13.8. The Morgan fingerprint density at radius 3 is 2.65 bits per heavy atom. The van der Waals surface area contributed by atoms with Gasteiger partial charge in [0, 0.05) is 31.6 Å². The van der Waals surface area contributed by atoms with Crippen LogP contribution in [0.1, 0.15) is 60.5 Å². The summed E-state index contributed by atoms with van der Waals surface area (Å²) in [4.78, 5) is 28.4. The molecule has 2 heterocycles. The molecule has 10 heteroatoms. The topological polar surface area (TPSA) is 95.9 Å². The Bertz CT molecular complexity index is 1310. The highest BCUT2D eigenvalue weighted by Crippen LogP contribution is 2.35. The Morgan fingerprint density at radius 1 is 1.20 bits per heavy atom. The molecule has 214 valence electrons. The van der Waals surface area contributed by atoms with Crippen LogP contribution in [-0.2, 0) is 4.79 Å². The zero-order valence-electron chi connectivity index (χ0n) is 23.4. The van der Waals surface area contributed by atoms with Crippen molar-refractivity contribution in [2.45, 2.75) is 52.9 Å². The predicted octanol–water partition coefficient (Wildman–Crippen LogP) is 6.49. The number of aromatic nitrogens is 2. The minimum absolute atomic E-state index is 0.180. The quantitative estimate of drug-likeness (QED) is 0.260. The molecular weight excluding hydrogens is 548 g/mol. The van der Waals surface area contributed by atoms with E-state index in [-0.39, 0.29) is 18.2 Å². The van der Waals surface area contributed by atoms with Gasteiger partial charge in [-0.15, -0.1) is 10.2 Å². The number of aliphatic carboxylic acids is 1. The Morgan fingerprint density at radius 2 is 1.95 bits per heavy atom. The molecule has 1 atom stereocenters. The lowest BCUT2D eigenvalue weighted by Crippen LogP contribution is -2.38. The van der Waals surface area contributed by atoms with Gasteiger partial charge >= 0.3 is 5.97 Å². The summed E-state index contributed by atoms with van der Waals surface area (Å²) in [5, 5.41) is 19.6. The van der Waals surface area contributed by atoms with Crippen LogP contribution in [0.25, 0.3) is 10.6 Å². The number of carbonyl (C=O) groups is 2. The number of carbonyl (C=O) groups excluding carboxylic acids is 1. The van der Waals surface area contributed by atoms with Crippen molar-refractivity contribution < 1.29 is 19.4 Å². The highest BCUT2D eigenvalue weighted by molar-refractivity contribution is 7.18. The van der Waals surface area contributed by atoms with Crippen molar-refractivity contribution in [3.8, 4) is 16.3 Å². The van der Waals surface area contributed by atoms with Gasteiger partial charge in [-0.1, -0.05) is 48.4 Å². The molecule has 40 heavy (non-hydrogen) atoms. The summed E-state index contributed by atoms with van der Waals surface area (Å²) >= 11 is 7.71. The van der Waals surface area contributed by atoms with Crippen molar-refractivity contribution in [1.82, 2.24) is 15.1 Å². The Labute approximate surface area is 244 Å². The van der Waals surface area contributed by atoms with Crippen molar-refractivity contribution in [2.75, 3.05) is 37.7 Å². The normalized spacial score (nSPS) is 15.7. The number of nitrogens with zero attached hydrogens (tertiary/aromatic N) is 4. The number of hydrogen-bond donors (Lipinski definition) is 1. The summed E-state index contributed by atoms with van der Waals surface area (Å²) in [5.41, 5.74) is 3.39. The maximum atomic E-state index is 13.4. The third kappa shape index (κ3) is 7.59. The van der Waals surface area contributed by atoms with Crippen LogP contribution in [0.2, 0.25) is 5.02 Å². The number of hydrogen-bond acceptors (Lipinski definition) is 7. The molecule has 1 aliphatic rings. The van der Waals surface area contributed by atoms with E-state index in [1.807, 2.05) is 32.0 Å². The lowest BCUT2D eigenvalue weighted by molar-refractivity contribution is -0.138. The molecule has 1 amide bonds. The van der Waals surface area contributed by atoms with Crippen molar-refractivity contribution in [3.63, 3.8) is 0 Å². The second-order valence-electron chi connectivity index (χ2n) is 10.4. The van der Waals surface area contributed by atoms with E-state index in [2.05, 4.69) is 22.0 Å². The summed E-state index contributed by atoms with van der Waals surface area (Å²) in [5.74, 6) is 0.161. The number of ether oxygens (including phenoxy) is 1. The number of halogens is 1. The molecule has 3 aromatic rings. The first-order valence-corrected chi connectivity index (χ1v) is 15.0. The molecule has 1 saturated heterocycles. The van der Waals surface area contributed by atoms with Gasteiger partial charge in [-0.05, 0) is 81.0 Å². The van der Waals surface area contributed by atoms with Gasteiger partial charge in [0.25, 0.3) is 5.91 Å². The molecule has 1 fully saturated rings. The molecule has 0 radical (unpaired) electrons. The maximum Gasteiger partial charge on any atom is 0.303 e. The van der Waals surface area contributed by atoms with Crippen molar-refractivity contribution in [3.05, 3.63) is 58.1 Å². The third-order valence-electron chi connectivity index (χ3n) is 7.16. The van der Waals surface area contributed by atoms with Gasteiger partial charge in [-0.3, -0.25) is 19.4 Å². The van der Waals surface area contributed by atoms with Gasteiger partial charge in [0.05, 0.1) is 10.6 Å². The summed E-state index contributed by atoms with van der Waals surface area (Å²) in [6.07, 6.45) is 4.01. The molecule has 1 aliphatic heterocycles. The number of carboxylic acid groups (broad SMARTS) is 1. The van der Waals surface area contributed by atoms with E-state index in [9.17, 15) is 9.59 Å². The van der Waals surface area contributed by atoms with E-state index in [1.54, 1.807) is 23.1 Å². The maximum absolute atomic E-state index is 13.4. The number of aryl methyl sites for hydroxylation is 2. The molecular formula is C30H37ClN4O4S. The number of rotatable bonds is 12. The van der Waals surface area contributed by atoms with Gasteiger partial charge < -0.3 is 9.84 Å². The van der Waals surface area contributed by atoms with Crippen molar-refractivity contribution >= 4 is 39.9 Å². The number of piperidine rings is 1. The number of anilines is 1. The molecule has 0 saturated carbocycles. The number of unbranched alkanes of at least 4 members (excludes halogenated alkanes) is 1. The van der Waals surface area contributed by atoms with Gasteiger partial charge in [0.1, 0.15) is 17.4 Å². The molecule has 4 rings (SSSR count). The zero-order chi connectivity index (χ0) is 28.6. The number of benzene rings is 2. The minimum atomic E-state index is -0.724. The van der Waals surface area contributed by atoms with E-state index < -0.39 is 5.97 Å². The first kappa shape index (κ1) is 30.0. The highest BCUT2D eigenvalue weighted by Gasteiger charge is 2.24. The van der Waals surface area contributed by atoms with Crippen LogP contribution in [-0.4, -0.2) is 64.9 Å². The standard InChI is InChI=1S/C30H37ClN4O4S/c1-4-5-13-35(29(38)24-10-6-7-11-25(24)31)30-33-32-28(40-30)23-16-20(2)27(21(3)17-23)39-15-14-34-12-8-9-22(19-34)18-26(36)37/h6-7,10-11,16-17,22H,4-5,8-9,12-15,18-19H2,1-3H3,(H,36,37). The van der Waals surface area contributed by atoms with Crippen LogP contribution in [0, 0.1) is 19.8 Å². The van der Waals surface area contributed by atoms with E-state index in [0.717, 1.165) is 72.8 Å². The summed E-state index contributed by atoms with van der Waals surface area (Å²) in [7, 11) is 0. The first-order chi connectivity index (χ1) is 19.3. The van der Waals surface area contributed by atoms with E-state index in [4.69, 9.17) is 21.4 Å². The average molecular weight is 585 g/mol. The van der Waals surface area contributed by atoms with Gasteiger partial charge in [-0.25, -0.2) is 0 Å². The van der Waals surface area contributed by atoms with Crippen molar-refractivity contribution in [1.29, 1.82) is 0 Å². The third-order valence-corrected chi connectivity index (χ3v) is 8.48. The molecule has 2 aromatic carbocycles. The van der Waals surface area contributed by atoms with Gasteiger partial charge in [0.15, 0.2) is 0 Å². The molecule has 8 nitrogen and oxygen atoms in total. The molecule has 0 bridgehead atoms. The van der Waals surface area contributed by atoms with Crippen LogP contribution in [0.5, 0.6) is 5.75 Å². The average Bonchev–Trinajstić information content (AvgIpc) is 3.40. The van der Waals surface area contributed by atoms with Gasteiger partial charge in [0.2, 0.25) is 5.13 Å². The van der Waals surface area contributed by atoms with Crippen LogP contribution in [0.4, 0.5) is 5.13 Å². The number of amides is 1. The highest BCUT2D eigenvalue weighted by atomic mass is 35.5. The van der Waals surface area contributed by atoms with Crippen LogP contribution >= 0.6 is 22.9 Å². The fraction of sp³-hybridized carbons (Fsp3) is 0.467. The monoisotopic (exact) mass is 584 g/mol. The minimum Gasteiger partial charge on any atom is -0.492 e. The Balaban J connectivity index is 1.44. The lowest BCUT2D eigenvalue weighted by Gasteiger charge is -2.32. The van der Waals surface area contributed by atoms with Gasteiger partial charge in [-0.2, -0.15) is 0 Å². The van der Waals surface area contributed by atoms with E-state index >= 15 is 0 Å². The van der Waals surface area contributed by atoms with Crippen LogP contribution in [0.15, 0.2) is 36.4 Å². The van der Waals surface area contributed by atoms with E-state index in [0.29, 0.717) is 28.9 Å². The van der Waals surface area contributed by atoms with Crippen LogP contribution in [0.3, 0.4) is 0 Å². The molecule has 0 aliphatic carbocycles. The Hall–Kier alpha value is -3.01. The summed E-state index contributed by atoms with van der Waals surface area (Å²) in [6, 6.07) is 11.2. The second kappa shape index (κ2) is 14.1. The molecule has 0 spiro atoms. The van der Waals surface area contributed by atoms with Crippen LogP contribution < -0.4 is 9.64 Å². The smallest absolute Gasteiger partial charge is 0.303 e. The zero-order valence-corrected chi connectivity index (χ0v) is 24.9. The summed E-state index contributed by atoms with van der Waals surface area (Å²) in [6.45, 7) is 9.75. The number of likely N-dealkylation sites (tertiary alicyclic amines) is 1. The fourth-order valence-corrected chi connectivity index (χ4v) is 6.24. The largest absolute Gasteiger partial charge is 0.492 e. The molecule has 1 unspecified atom stereocenters. The Kier molecular flexibility index (Phi) is 10.5. The number of carboxylic acids is 1. The molecule has 1 aromatic heterocycles. The summed E-state index contributed by atoms with van der Waals surface area (Å²) < 4.78 is 6.20. The second-order valence-corrected chi connectivity index (χ2v) is 11.7. The predicted molar refractivity (Wildman–Crippen MR) is 160 cm³/mol. The van der Waals surface area contributed by atoms with Crippen molar-refractivity contribution in [2.24, 2.45) is 5.92 Å².